The Morgan fingerprint density at radius 1 is 1.17 bits per heavy atom. The highest BCUT2D eigenvalue weighted by molar-refractivity contribution is 8.26. The fourth-order valence-electron chi connectivity index (χ4n) is 4.68. The molecule has 1 aliphatic carbocycles. The van der Waals surface area contributed by atoms with E-state index in [0.29, 0.717) is 28.1 Å². The number of pyridine rings is 1. The summed E-state index contributed by atoms with van der Waals surface area (Å²) in [5.74, 6) is -4.20. The van der Waals surface area contributed by atoms with Crippen LogP contribution in [0.4, 0.5) is 24.7 Å². The molecule has 9 nitrogen and oxygen atoms in total. The lowest BCUT2D eigenvalue weighted by molar-refractivity contribution is -0.0848. The summed E-state index contributed by atoms with van der Waals surface area (Å²) in [5.41, 5.74) is 6.03. The van der Waals surface area contributed by atoms with Gasteiger partial charge in [-0.15, -0.1) is 0 Å². The molecule has 2 aromatic heterocycles. The Balaban J connectivity index is 1.52. The second kappa shape index (κ2) is 7.51. The lowest BCUT2D eigenvalue weighted by Gasteiger charge is -2.61. The first-order valence-electron chi connectivity index (χ1n) is 10.5. The minimum absolute atomic E-state index is 0.00412. The molecule has 0 radical (unpaired) electrons. The average Bonchev–Trinajstić information content (AvgIpc) is 2.76. The van der Waals surface area contributed by atoms with Crippen molar-refractivity contribution in [1.29, 1.82) is 5.26 Å². The maximum Gasteiger partial charge on any atom is 0.253 e. The fraction of sp³-hybridized carbons (Fsp3) is 0.318. The summed E-state index contributed by atoms with van der Waals surface area (Å²) in [7, 11) is -3.67. The van der Waals surface area contributed by atoms with Crippen LogP contribution in [0.5, 0.6) is 0 Å². The van der Waals surface area contributed by atoms with Crippen LogP contribution in [-0.2, 0) is 5.54 Å². The van der Waals surface area contributed by atoms with Crippen molar-refractivity contribution in [3.63, 3.8) is 0 Å². The van der Waals surface area contributed by atoms with Gasteiger partial charge in [0.2, 0.25) is 0 Å². The number of nitrogens with one attached hydrogen (secondary N) is 1. The van der Waals surface area contributed by atoms with E-state index >= 15 is 0 Å². The molecular formula is C22H20F3N7O2S. The first kappa shape index (κ1) is 23.3. The normalized spacial score (nSPS) is 24.8. The fourth-order valence-corrected chi connectivity index (χ4v) is 7.23. The van der Waals surface area contributed by atoms with E-state index in [2.05, 4.69) is 25.3 Å². The molecule has 0 amide bonds. The van der Waals surface area contributed by atoms with Crippen molar-refractivity contribution in [2.75, 3.05) is 11.1 Å². The number of alkyl halides is 2. The number of anilines is 2. The van der Waals surface area contributed by atoms with E-state index in [1.54, 1.807) is 6.07 Å². The van der Waals surface area contributed by atoms with Gasteiger partial charge in [-0.2, -0.15) is 15.9 Å². The van der Waals surface area contributed by atoms with Crippen molar-refractivity contribution in [3.05, 3.63) is 53.7 Å². The van der Waals surface area contributed by atoms with Crippen molar-refractivity contribution < 1.29 is 22.3 Å². The van der Waals surface area contributed by atoms with E-state index < -0.39 is 51.2 Å². The Bertz CT molecular complexity index is 1430. The number of halogens is 3. The summed E-state index contributed by atoms with van der Waals surface area (Å²) in [6.45, 7) is 1.48. The average molecular weight is 504 g/mol. The van der Waals surface area contributed by atoms with Gasteiger partial charge in [-0.05, 0) is 31.2 Å². The molecule has 1 aliphatic heterocycles. The number of hydrogen-bond acceptors (Lipinski definition) is 9. The zero-order valence-corrected chi connectivity index (χ0v) is 19.2. The third kappa shape index (κ3) is 3.65. The Kier molecular flexibility index (Phi) is 5.00. The van der Waals surface area contributed by atoms with Gasteiger partial charge in [0.25, 0.3) is 5.92 Å². The summed E-state index contributed by atoms with van der Waals surface area (Å²) in [6, 6.07) is 7.58. The predicted octanol–water partition coefficient (Wildman–Crippen LogP) is 4.28. The third-order valence-corrected chi connectivity index (χ3v) is 9.16. The molecule has 182 valence electrons. The lowest BCUT2D eigenvalue weighted by atomic mass is 9.78. The van der Waals surface area contributed by atoms with Crippen molar-refractivity contribution in [3.8, 4) is 6.07 Å². The number of benzene rings is 1. The summed E-state index contributed by atoms with van der Waals surface area (Å²) in [6.07, 6.45) is 1.05. The molecule has 0 bridgehead atoms. The van der Waals surface area contributed by atoms with Crippen LogP contribution in [0.15, 0.2) is 41.8 Å². The smallest absolute Gasteiger partial charge is 0.253 e. The number of nitriles is 1. The minimum atomic E-state index is -3.67. The summed E-state index contributed by atoms with van der Waals surface area (Å²) < 4.78 is 62.3. The van der Waals surface area contributed by atoms with Crippen molar-refractivity contribution >= 4 is 39.0 Å². The number of nitrogens with two attached hydrogens (primary N) is 1. The number of nitrogens with zero attached hydrogens (tertiary/aromatic N) is 5. The number of aliphatic imine (C=N–C) groups is 1. The second-order valence-corrected chi connectivity index (χ2v) is 11.4. The topological polar surface area (TPSA) is 153 Å². The van der Waals surface area contributed by atoms with Crippen LogP contribution in [0.1, 0.15) is 30.9 Å². The zero-order chi connectivity index (χ0) is 25.2. The molecule has 3 heterocycles. The van der Waals surface area contributed by atoms with Gasteiger partial charge in [0, 0.05) is 30.3 Å². The van der Waals surface area contributed by atoms with Gasteiger partial charge in [0.1, 0.15) is 39.9 Å². The van der Waals surface area contributed by atoms with E-state index in [-0.39, 0.29) is 11.4 Å². The quantitative estimate of drug-likeness (QED) is 0.413. The molecule has 2 aliphatic rings. The molecule has 35 heavy (non-hydrogen) atoms. The van der Waals surface area contributed by atoms with E-state index in [1.165, 1.54) is 37.6 Å². The number of fused-ring (bicyclic) bond motifs is 1. The summed E-state index contributed by atoms with van der Waals surface area (Å²) in [4.78, 5) is 16.8. The van der Waals surface area contributed by atoms with E-state index in [9.17, 15) is 22.3 Å². The van der Waals surface area contributed by atoms with E-state index in [1.807, 2.05) is 6.07 Å². The highest BCUT2D eigenvalue weighted by Gasteiger charge is 2.68. The Morgan fingerprint density at radius 3 is 2.57 bits per heavy atom. The minimum Gasteiger partial charge on any atom is -0.386 e. The third-order valence-electron chi connectivity index (χ3n) is 6.44. The van der Waals surface area contributed by atoms with Crippen LogP contribution in [0, 0.1) is 17.1 Å². The maximum absolute atomic E-state index is 15.0. The highest BCUT2D eigenvalue weighted by Crippen LogP contribution is 2.70. The monoisotopic (exact) mass is 503 g/mol. The molecule has 13 heteroatoms. The van der Waals surface area contributed by atoms with Crippen LogP contribution in [0.3, 0.4) is 0 Å². The summed E-state index contributed by atoms with van der Waals surface area (Å²) in [5, 5.41) is 12.1. The van der Waals surface area contributed by atoms with Gasteiger partial charge in [0.05, 0.1) is 16.8 Å². The standard InChI is InChI=1S/C22H20F3N7O2S/c1-20(10-35(33,34)21(19(27)32-20)8-22(24,25)9-21)14-5-13(2-3-15(14)23)31-18-17-16(29-11-30-18)4-12(6-26)7-28-17/h2-5,7,11,33-34H,8-10H2,1H3,(H2,27,32)(H,29,30,31). The molecule has 5 N–H and O–H groups in total. The molecule has 1 spiro atoms. The molecule has 5 rings (SSSR count). The van der Waals surface area contributed by atoms with Crippen LogP contribution >= 0.6 is 10.6 Å². The van der Waals surface area contributed by atoms with Crippen LogP contribution in [-0.4, -0.2) is 46.3 Å². The predicted molar refractivity (Wildman–Crippen MR) is 125 cm³/mol. The summed E-state index contributed by atoms with van der Waals surface area (Å²) >= 11 is 0. The number of amidine groups is 1. The lowest BCUT2D eigenvalue weighted by Crippen LogP contribution is -2.65. The zero-order valence-electron chi connectivity index (χ0n) is 18.3. The first-order valence-corrected chi connectivity index (χ1v) is 12.2. The largest absolute Gasteiger partial charge is 0.386 e. The molecule has 1 aromatic carbocycles. The van der Waals surface area contributed by atoms with Gasteiger partial charge in [-0.25, -0.2) is 28.1 Å². The Labute approximate surface area is 199 Å². The second-order valence-electron chi connectivity index (χ2n) is 9.03. The SMILES string of the molecule is CC1(c2cc(Nc3ncnc4cc(C#N)cnc34)ccc2F)CS(O)(O)C2(CC(F)(F)C2)C(N)=N1. The van der Waals surface area contributed by atoms with Gasteiger partial charge in [0.15, 0.2) is 5.82 Å². The van der Waals surface area contributed by atoms with E-state index in [4.69, 9.17) is 11.0 Å². The molecule has 1 fully saturated rings. The molecule has 3 aromatic rings. The van der Waals surface area contributed by atoms with Crippen molar-refractivity contribution in [2.45, 2.75) is 36.0 Å². The molecule has 0 saturated heterocycles. The Morgan fingerprint density at radius 2 is 1.91 bits per heavy atom. The van der Waals surface area contributed by atoms with E-state index in [0.717, 1.165) is 0 Å². The first-order chi connectivity index (χ1) is 16.4. The van der Waals surface area contributed by atoms with Gasteiger partial charge in [-0.3, -0.25) is 14.1 Å². The number of aromatic nitrogens is 3. The van der Waals surface area contributed by atoms with Crippen LogP contribution in [0.2, 0.25) is 0 Å². The van der Waals surface area contributed by atoms with Gasteiger partial charge in [-0.1, -0.05) is 0 Å². The molecule has 1 saturated carbocycles. The molecule has 1 unspecified atom stereocenters. The van der Waals surface area contributed by atoms with Crippen LogP contribution < -0.4 is 11.1 Å². The molecular weight excluding hydrogens is 483 g/mol. The maximum atomic E-state index is 15.0. The molecule has 1 atom stereocenters. The van der Waals surface area contributed by atoms with Crippen molar-refractivity contribution in [1.82, 2.24) is 15.0 Å². The van der Waals surface area contributed by atoms with Gasteiger partial charge >= 0.3 is 0 Å². The van der Waals surface area contributed by atoms with Crippen molar-refractivity contribution in [2.24, 2.45) is 10.7 Å². The van der Waals surface area contributed by atoms with Crippen LogP contribution in [0.25, 0.3) is 11.0 Å². The number of rotatable bonds is 3. The number of hydrogen-bond donors (Lipinski definition) is 4. The Hall–Kier alpha value is -3.47. The van der Waals surface area contributed by atoms with Gasteiger partial charge < -0.3 is 11.1 Å². The highest BCUT2D eigenvalue weighted by atomic mass is 32.3.